The molecule has 0 bridgehead atoms. The first kappa shape index (κ1) is 11.9. The summed E-state index contributed by atoms with van der Waals surface area (Å²) in [6.07, 6.45) is 3.50. The van der Waals surface area contributed by atoms with E-state index in [0.29, 0.717) is 5.92 Å². The predicted octanol–water partition coefficient (Wildman–Crippen LogP) is 2.08. The summed E-state index contributed by atoms with van der Waals surface area (Å²) in [5.74, 6) is -0.249. The van der Waals surface area contributed by atoms with Gasteiger partial charge in [-0.15, -0.1) is 0 Å². The highest BCUT2D eigenvalue weighted by Gasteiger charge is 2.31. The number of rotatable bonds is 2. The SMILES string of the molecule is Cc1cc(N2CCC(C)CC2C(=O)O)ccn1. The van der Waals surface area contributed by atoms with Crippen molar-refractivity contribution in [2.75, 3.05) is 11.4 Å². The molecule has 0 spiro atoms. The van der Waals surface area contributed by atoms with E-state index in [-0.39, 0.29) is 0 Å². The number of pyridine rings is 1. The molecule has 0 radical (unpaired) electrons. The molecule has 0 aromatic carbocycles. The van der Waals surface area contributed by atoms with Crippen LogP contribution in [0.15, 0.2) is 18.3 Å². The largest absolute Gasteiger partial charge is 0.480 e. The fraction of sp³-hybridized carbons (Fsp3) is 0.538. The van der Waals surface area contributed by atoms with Gasteiger partial charge in [-0.05, 0) is 37.8 Å². The summed E-state index contributed by atoms with van der Waals surface area (Å²) >= 11 is 0. The fourth-order valence-corrected chi connectivity index (χ4v) is 2.39. The number of aliphatic carboxylic acids is 1. The Morgan fingerprint density at radius 2 is 2.35 bits per heavy atom. The maximum absolute atomic E-state index is 11.3. The number of aromatic nitrogens is 1. The minimum atomic E-state index is -0.731. The minimum absolute atomic E-state index is 0.402. The van der Waals surface area contributed by atoms with Crippen LogP contribution < -0.4 is 4.90 Å². The van der Waals surface area contributed by atoms with Crippen LogP contribution >= 0.6 is 0 Å². The summed E-state index contributed by atoms with van der Waals surface area (Å²) in [5.41, 5.74) is 1.89. The van der Waals surface area contributed by atoms with Crippen molar-refractivity contribution in [2.24, 2.45) is 5.92 Å². The van der Waals surface area contributed by atoms with Gasteiger partial charge in [0.25, 0.3) is 0 Å². The van der Waals surface area contributed by atoms with Gasteiger partial charge in [-0.3, -0.25) is 4.98 Å². The van der Waals surface area contributed by atoms with Gasteiger partial charge in [0, 0.05) is 24.1 Å². The lowest BCUT2D eigenvalue weighted by atomic mass is 9.92. The zero-order valence-electron chi connectivity index (χ0n) is 10.3. The highest BCUT2D eigenvalue weighted by atomic mass is 16.4. The average Bonchev–Trinajstić information content (AvgIpc) is 2.28. The molecule has 1 aromatic heterocycles. The molecule has 17 heavy (non-hydrogen) atoms. The van der Waals surface area contributed by atoms with Crippen LogP contribution in [0.25, 0.3) is 0 Å². The molecule has 0 amide bonds. The van der Waals surface area contributed by atoms with Crippen LogP contribution in [0.4, 0.5) is 5.69 Å². The topological polar surface area (TPSA) is 53.4 Å². The van der Waals surface area contributed by atoms with E-state index in [0.717, 1.165) is 30.8 Å². The molecule has 0 saturated carbocycles. The molecule has 1 N–H and O–H groups in total. The lowest BCUT2D eigenvalue weighted by molar-refractivity contribution is -0.139. The maximum atomic E-state index is 11.3. The molecule has 4 heteroatoms. The van der Waals surface area contributed by atoms with Crippen molar-refractivity contribution >= 4 is 11.7 Å². The van der Waals surface area contributed by atoms with E-state index < -0.39 is 12.0 Å². The molecule has 4 nitrogen and oxygen atoms in total. The zero-order valence-corrected chi connectivity index (χ0v) is 10.3. The smallest absolute Gasteiger partial charge is 0.326 e. The minimum Gasteiger partial charge on any atom is -0.480 e. The fourth-order valence-electron chi connectivity index (χ4n) is 2.39. The highest BCUT2D eigenvalue weighted by molar-refractivity contribution is 5.78. The number of anilines is 1. The summed E-state index contributed by atoms with van der Waals surface area (Å²) in [4.78, 5) is 17.4. The van der Waals surface area contributed by atoms with Crippen LogP contribution in [0.3, 0.4) is 0 Å². The molecule has 1 aliphatic rings. The number of carboxylic acid groups (broad SMARTS) is 1. The highest BCUT2D eigenvalue weighted by Crippen LogP contribution is 2.28. The van der Waals surface area contributed by atoms with E-state index in [1.54, 1.807) is 6.20 Å². The van der Waals surface area contributed by atoms with E-state index in [1.165, 1.54) is 0 Å². The van der Waals surface area contributed by atoms with Gasteiger partial charge in [0.1, 0.15) is 6.04 Å². The first-order valence-electron chi connectivity index (χ1n) is 6.00. The van der Waals surface area contributed by atoms with Crippen molar-refractivity contribution in [3.05, 3.63) is 24.0 Å². The predicted molar refractivity (Wildman–Crippen MR) is 66.1 cm³/mol. The number of hydrogen-bond donors (Lipinski definition) is 1. The lowest BCUT2D eigenvalue weighted by Gasteiger charge is -2.37. The van der Waals surface area contributed by atoms with Gasteiger partial charge >= 0.3 is 5.97 Å². The Morgan fingerprint density at radius 1 is 1.59 bits per heavy atom. The summed E-state index contributed by atoms with van der Waals surface area (Å²) < 4.78 is 0. The molecule has 2 rings (SSSR count). The molecule has 2 atom stereocenters. The molecular formula is C13H18N2O2. The number of carbonyl (C=O) groups is 1. The standard InChI is InChI=1S/C13H18N2O2/c1-9-4-6-15(12(7-9)13(16)17)11-3-5-14-10(2)8-11/h3,5,8-9,12H,4,6-7H2,1-2H3,(H,16,17). The second-order valence-corrected chi connectivity index (χ2v) is 4.83. The maximum Gasteiger partial charge on any atom is 0.326 e. The van der Waals surface area contributed by atoms with Crippen LogP contribution in [0.5, 0.6) is 0 Å². The van der Waals surface area contributed by atoms with Gasteiger partial charge in [-0.2, -0.15) is 0 Å². The lowest BCUT2D eigenvalue weighted by Crippen LogP contribution is -2.47. The van der Waals surface area contributed by atoms with Gasteiger partial charge in [0.2, 0.25) is 0 Å². The van der Waals surface area contributed by atoms with Crippen LogP contribution in [0, 0.1) is 12.8 Å². The van der Waals surface area contributed by atoms with Crippen molar-refractivity contribution in [3.8, 4) is 0 Å². The third kappa shape index (κ3) is 2.57. The molecule has 1 fully saturated rings. The first-order valence-corrected chi connectivity index (χ1v) is 6.00. The van der Waals surface area contributed by atoms with Crippen molar-refractivity contribution in [1.29, 1.82) is 0 Å². The van der Waals surface area contributed by atoms with Gasteiger partial charge < -0.3 is 10.0 Å². The van der Waals surface area contributed by atoms with Crippen LogP contribution in [0.2, 0.25) is 0 Å². The van der Waals surface area contributed by atoms with Gasteiger partial charge in [0.15, 0.2) is 0 Å². The zero-order chi connectivity index (χ0) is 12.4. The molecule has 2 unspecified atom stereocenters. The normalized spacial score (nSPS) is 24.7. The molecule has 1 saturated heterocycles. The molecule has 2 heterocycles. The molecule has 92 valence electrons. The van der Waals surface area contributed by atoms with Crippen molar-refractivity contribution in [3.63, 3.8) is 0 Å². The van der Waals surface area contributed by atoms with E-state index in [9.17, 15) is 9.90 Å². The number of carboxylic acids is 1. The Labute approximate surface area is 101 Å². The van der Waals surface area contributed by atoms with E-state index in [1.807, 2.05) is 24.0 Å². The van der Waals surface area contributed by atoms with Crippen LogP contribution in [0.1, 0.15) is 25.5 Å². The van der Waals surface area contributed by atoms with E-state index >= 15 is 0 Å². The van der Waals surface area contributed by atoms with E-state index in [2.05, 4.69) is 11.9 Å². The van der Waals surface area contributed by atoms with Gasteiger partial charge in [-0.25, -0.2) is 4.79 Å². The third-order valence-corrected chi connectivity index (χ3v) is 3.36. The van der Waals surface area contributed by atoms with E-state index in [4.69, 9.17) is 0 Å². The number of nitrogens with zero attached hydrogens (tertiary/aromatic N) is 2. The number of piperidine rings is 1. The third-order valence-electron chi connectivity index (χ3n) is 3.36. The second-order valence-electron chi connectivity index (χ2n) is 4.83. The Hall–Kier alpha value is -1.58. The number of hydrogen-bond acceptors (Lipinski definition) is 3. The Balaban J connectivity index is 2.26. The first-order chi connectivity index (χ1) is 8.08. The molecular weight excluding hydrogens is 216 g/mol. The molecule has 1 aliphatic heterocycles. The average molecular weight is 234 g/mol. The number of aryl methyl sites for hydroxylation is 1. The van der Waals surface area contributed by atoms with Gasteiger partial charge in [-0.1, -0.05) is 6.92 Å². The molecule has 0 aliphatic carbocycles. The quantitative estimate of drug-likeness (QED) is 0.851. The Morgan fingerprint density at radius 3 is 3.00 bits per heavy atom. The Bertz CT molecular complexity index is 420. The van der Waals surface area contributed by atoms with Crippen molar-refractivity contribution < 1.29 is 9.90 Å². The summed E-state index contributed by atoms with van der Waals surface area (Å²) in [6.45, 7) is 4.85. The second kappa shape index (κ2) is 4.73. The van der Waals surface area contributed by atoms with Crippen LogP contribution in [-0.4, -0.2) is 28.6 Å². The molecule has 1 aromatic rings. The Kier molecular flexibility index (Phi) is 3.31. The summed E-state index contributed by atoms with van der Waals surface area (Å²) in [6, 6.07) is 3.44. The van der Waals surface area contributed by atoms with Crippen molar-refractivity contribution in [2.45, 2.75) is 32.7 Å². The summed E-state index contributed by atoms with van der Waals surface area (Å²) in [7, 11) is 0. The van der Waals surface area contributed by atoms with Crippen molar-refractivity contribution in [1.82, 2.24) is 4.98 Å². The van der Waals surface area contributed by atoms with Crippen LogP contribution in [-0.2, 0) is 4.79 Å². The summed E-state index contributed by atoms with van der Waals surface area (Å²) in [5, 5.41) is 9.30. The van der Waals surface area contributed by atoms with Gasteiger partial charge in [0.05, 0.1) is 0 Å². The monoisotopic (exact) mass is 234 g/mol.